The minimum absolute atomic E-state index is 0.0443. The van der Waals surface area contributed by atoms with Gasteiger partial charge in [0.05, 0.1) is 11.6 Å². The molecule has 2 rings (SSSR count). The summed E-state index contributed by atoms with van der Waals surface area (Å²) in [7, 11) is 1.62. The molecule has 100 valence electrons. The number of hydrogen-bond acceptors (Lipinski definition) is 3. The smallest absolute Gasteiger partial charge is 0.355 e. The number of halogens is 1. The molecule has 0 atom stereocenters. The van der Waals surface area contributed by atoms with E-state index in [-0.39, 0.29) is 5.69 Å². The molecule has 1 aromatic heterocycles. The number of rotatable bonds is 3. The number of benzene rings is 1. The molecule has 0 saturated heterocycles. The zero-order valence-electron chi connectivity index (χ0n) is 10.7. The maximum absolute atomic E-state index is 11.0. The molecular weight excluding hydrogens is 312 g/mol. The zero-order chi connectivity index (χ0) is 14.2. The molecule has 1 heterocycles. The number of ether oxygens (including phenoxy) is 1. The molecule has 0 spiro atoms. The monoisotopic (exact) mass is 324 g/mol. The summed E-state index contributed by atoms with van der Waals surface area (Å²) in [5.74, 6) is -0.250. The van der Waals surface area contributed by atoms with Crippen molar-refractivity contribution in [2.45, 2.75) is 13.8 Å². The first-order valence-corrected chi connectivity index (χ1v) is 6.38. The number of carboxylic acid groups (broad SMARTS) is 1. The number of nitrogens with one attached hydrogen (secondary N) is 1. The van der Waals surface area contributed by atoms with Crippen molar-refractivity contribution in [3.8, 4) is 17.0 Å². The lowest BCUT2D eigenvalue weighted by atomic mass is 10.00. The molecular formula is C13H13BrN2O3. The minimum atomic E-state index is -1.05. The summed E-state index contributed by atoms with van der Waals surface area (Å²) in [6.07, 6.45) is 0. The number of aromatic carboxylic acids is 1. The van der Waals surface area contributed by atoms with E-state index in [1.54, 1.807) is 7.11 Å². The van der Waals surface area contributed by atoms with E-state index in [0.717, 1.165) is 22.4 Å². The third-order valence-electron chi connectivity index (χ3n) is 3.13. The van der Waals surface area contributed by atoms with Gasteiger partial charge in [-0.2, -0.15) is 5.10 Å². The fraction of sp³-hybridized carbons (Fsp3) is 0.231. The molecule has 0 aliphatic carbocycles. The topological polar surface area (TPSA) is 75.2 Å². The summed E-state index contributed by atoms with van der Waals surface area (Å²) in [5, 5.41) is 15.6. The van der Waals surface area contributed by atoms with Gasteiger partial charge >= 0.3 is 5.97 Å². The highest BCUT2D eigenvalue weighted by molar-refractivity contribution is 9.10. The number of nitrogens with zero attached hydrogens (tertiary/aromatic N) is 1. The second-order valence-electron chi connectivity index (χ2n) is 4.13. The van der Waals surface area contributed by atoms with Gasteiger partial charge in [0.1, 0.15) is 11.4 Å². The van der Waals surface area contributed by atoms with Crippen molar-refractivity contribution in [3.05, 3.63) is 33.4 Å². The molecule has 0 aliphatic heterocycles. The number of carbonyl (C=O) groups is 1. The summed E-state index contributed by atoms with van der Waals surface area (Å²) in [6.45, 7) is 3.91. The van der Waals surface area contributed by atoms with Crippen LogP contribution < -0.4 is 4.74 Å². The van der Waals surface area contributed by atoms with Gasteiger partial charge in [0.25, 0.3) is 0 Å². The van der Waals surface area contributed by atoms with Crippen LogP contribution in [0.4, 0.5) is 0 Å². The van der Waals surface area contributed by atoms with Gasteiger partial charge in [-0.25, -0.2) is 4.79 Å². The van der Waals surface area contributed by atoms with E-state index in [1.807, 2.05) is 26.0 Å². The molecule has 0 amide bonds. The lowest BCUT2D eigenvalue weighted by molar-refractivity contribution is 0.0689. The summed E-state index contributed by atoms with van der Waals surface area (Å²) in [6, 6.07) is 3.72. The first kappa shape index (κ1) is 13.6. The van der Waals surface area contributed by atoms with E-state index in [0.29, 0.717) is 10.2 Å². The third kappa shape index (κ3) is 2.23. The molecule has 0 unspecified atom stereocenters. The Balaban J connectivity index is 2.60. The van der Waals surface area contributed by atoms with Crippen LogP contribution in [-0.4, -0.2) is 28.4 Å². The molecule has 5 nitrogen and oxygen atoms in total. The van der Waals surface area contributed by atoms with Crippen LogP contribution in [0.2, 0.25) is 0 Å². The van der Waals surface area contributed by atoms with Crippen molar-refractivity contribution in [1.82, 2.24) is 10.2 Å². The van der Waals surface area contributed by atoms with Crippen LogP contribution >= 0.6 is 15.9 Å². The molecule has 0 fully saturated rings. The van der Waals surface area contributed by atoms with Crippen molar-refractivity contribution in [2.75, 3.05) is 7.11 Å². The van der Waals surface area contributed by atoms with Gasteiger partial charge in [0, 0.05) is 5.56 Å². The second kappa shape index (κ2) is 5.05. The average Bonchev–Trinajstić information content (AvgIpc) is 2.75. The number of carboxylic acids is 1. The SMILES string of the molecule is COc1ccc(-c2n[nH]c(C(=O)O)c2Br)c(C)c1C. The summed E-state index contributed by atoms with van der Waals surface area (Å²) in [4.78, 5) is 11.0. The fourth-order valence-corrected chi connectivity index (χ4v) is 2.48. The highest BCUT2D eigenvalue weighted by atomic mass is 79.9. The van der Waals surface area contributed by atoms with Gasteiger partial charge in [-0.3, -0.25) is 5.10 Å². The molecule has 0 aliphatic rings. The third-order valence-corrected chi connectivity index (χ3v) is 3.91. The van der Waals surface area contributed by atoms with Gasteiger partial charge in [-0.15, -0.1) is 0 Å². The van der Waals surface area contributed by atoms with Crippen LogP contribution in [0.3, 0.4) is 0 Å². The van der Waals surface area contributed by atoms with Gasteiger partial charge in [0.15, 0.2) is 5.69 Å². The standard InChI is InChI=1S/C13H13BrN2O3/c1-6-7(2)9(19-3)5-4-8(6)11-10(14)12(13(17)18)16-15-11/h4-5H,1-3H3,(H,15,16)(H,17,18). The first-order valence-electron chi connectivity index (χ1n) is 5.59. The highest BCUT2D eigenvalue weighted by Gasteiger charge is 2.19. The molecule has 6 heteroatoms. The van der Waals surface area contributed by atoms with Crippen LogP contribution in [0.15, 0.2) is 16.6 Å². The van der Waals surface area contributed by atoms with E-state index in [4.69, 9.17) is 9.84 Å². The molecule has 0 radical (unpaired) electrons. The Labute approximate surface area is 118 Å². The van der Waals surface area contributed by atoms with Crippen molar-refractivity contribution in [3.63, 3.8) is 0 Å². The Hall–Kier alpha value is -1.82. The Kier molecular flexibility index (Phi) is 3.61. The largest absolute Gasteiger partial charge is 0.496 e. The predicted molar refractivity (Wildman–Crippen MR) is 74.7 cm³/mol. The lowest BCUT2D eigenvalue weighted by Gasteiger charge is -2.11. The van der Waals surface area contributed by atoms with E-state index >= 15 is 0 Å². The maximum atomic E-state index is 11.0. The van der Waals surface area contributed by atoms with Crippen LogP contribution in [-0.2, 0) is 0 Å². The Morgan fingerprint density at radius 2 is 2.05 bits per heavy atom. The first-order chi connectivity index (χ1) is 8.97. The van der Waals surface area contributed by atoms with Crippen molar-refractivity contribution in [1.29, 1.82) is 0 Å². The van der Waals surface area contributed by atoms with E-state index in [2.05, 4.69) is 26.1 Å². The average molecular weight is 325 g/mol. The fourth-order valence-electron chi connectivity index (χ4n) is 1.92. The van der Waals surface area contributed by atoms with Crippen LogP contribution in [0, 0.1) is 13.8 Å². The molecule has 1 aromatic carbocycles. The number of aromatic nitrogens is 2. The van der Waals surface area contributed by atoms with Crippen molar-refractivity contribution in [2.24, 2.45) is 0 Å². The van der Waals surface area contributed by atoms with E-state index < -0.39 is 5.97 Å². The van der Waals surface area contributed by atoms with Gasteiger partial charge in [-0.05, 0) is 53.0 Å². The van der Waals surface area contributed by atoms with Gasteiger partial charge in [-0.1, -0.05) is 0 Å². The number of methoxy groups -OCH3 is 1. The number of H-pyrrole nitrogens is 1. The molecule has 2 aromatic rings. The second-order valence-corrected chi connectivity index (χ2v) is 4.92. The molecule has 0 bridgehead atoms. The quantitative estimate of drug-likeness (QED) is 0.909. The zero-order valence-corrected chi connectivity index (χ0v) is 12.3. The van der Waals surface area contributed by atoms with E-state index in [9.17, 15) is 4.79 Å². The maximum Gasteiger partial charge on any atom is 0.355 e. The Bertz CT molecular complexity index is 650. The minimum Gasteiger partial charge on any atom is -0.496 e. The van der Waals surface area contributed by atoms with Crippen LogP contribution in [0.25, 0.3) is 11.3 Å². The van der Waals surface area contributed by atoms with Gasteiger partial charge in [0.2, 0.25) is 0 Å². The van der Waals surface area contributed by atoms with Crippen LogP contribution in [0.1, 0.15) is 21.6 Å². The van der Waals surface area contributed by atoms with Crippen molar-refractivity contribution >= 4 is 21.9 Å². The van der Waals surface area contributed by atoms with Crippen LogP contribution in [0.5, 0.6) is 5.75 Å². The lowest BCUT2D eigenvalue weighted by Crippen LogP contribution is -1.97. The predicted octanol–water partition coefficient (Wildman–Crippen LogP) is 3.16. The molecule has 0 saturated carbocycles. The number of hydrogen-bond donors (Lipinski definition) is 2. The Morgan fingerprint density at radius 1 is 1.37 bits per heavy atom. The Morgan fingerprint density at radius 3 is 2.58 bits per heavy atom. The summed E-state index contributed by atoms with van der Waals surface area (Å²) < 4.78 is 5.71. The normalized spacial score (nSPS) is 10.5. The summed E-state index contributed by atoms with van der Waals surface area (Å²) in [5.41, 5.74) is 3.51. The molecule has 2 N–H and O–H groups in total. The highest BCUT2D eigenvalue weighted by Crippen LogP contribution is 2.34. The van der Waals surface area contributed by atoms with Gasteiger partial charge < -0.3 is 9.84 Å². The number of aromatic amines is 1. The van der Waals surface area contributed by atoms with Crippen molar-refractivity contribution < 1.29 is 14.6 Å². The summed E-state index contributed by atoms with van der Waals surface area (Å²) >= 11 is 3.28. The van der Waals surface area contributed by atoms with E-state index in [1.165, 1.54) is 0 Å². The molecule has 19 heavy (non-hydrogen) atoms.